The van der Waals surface area contributed by atoms with E-state index in [-0.39, 0.29) is 46.6 Å². The van der Waals surface area contributed by atoms with Gasteiger partial charge in [0.15, 0.2) is 0 Å². The van der Waals surface area contributed by atoms with Gasteiger partial charge < -0.3 is 0 Å². The molecule has 7 heteroatoms. The zero-order valence-corrected chi connectivity index (χ0v) is 5.61. The molecule has 0 saturated carbocycles. The van der Waals surface area contributed by atoms with Crippen LogP contribution >= 0.6 is 0 Å². The van der Waals surface area contributed by atoms with Gasteiger partial charge in [-0.2, -0.15) is 0 Å². The Balaban J connectivity index is -0.0000000800. The Morgan fingerprint density at radius 1 is 1.14 bits per heavy atom. The van der Waals surface area contributed by atoms with Gasteiger partial charge in [-0.3, -0.25) is 0 Å². The molecule has 0 amide bonds. The van der Waals surface area contributed by atoms with Crippen molar-refractivity contribution in [2.45, 2.75) is 0 Å². The molecule has 1 radical (unpaired) electrons. The Morgan fingerprint density at radius 2 is 1.14 bits per heavy atom. The van der Waals surface area contributed by atoms with E-state index in [4.69, 9.17) is 14.3 Å². The van der Waals surface area contributed by atoms with Crippen molar-refractivity contribution in [1.29, 1.82) is 0 Å². The van der Waals surface area contributed by atoms with Crippen LogP contribution in [0.5, 0.6) is 0 Å². The summed E-state index contributed by atoms with van der Waals surface area (Å²) in [7, 11) is 0. The summed E-state index contributed by atoms with van der Waals surface area (Å²) < 4.78 is 34.5. The molecule has 0 aliphatic carbocycles. The van der Waals surface area contributed by atoms with Gasteiger partial charge in [-0.25, -0.2) is 0 Å². The van der Waals surface area contributed by atoms with Crippen LogP contribution in [0.2, 0.25) is 0 Å². The fourth-order valence-electron chi connectivity index (χ4n) is 0. The molecule has 0 N–H and O–H groups in total. The minimum atomic E-state index is -6.02. The maximum atomic E-state index is 8.63. The number of rotatable bonds is 0. The number of hydrogen-bond donors (Lipinski definition) is 0. The van der Waals surface area contributed by atoms with Gasteiger partial charge in [0.05, 0.1) is 0 Å². The maximum absolute atomic E-state index is 8.63. The second-order valence-electron chi connectivity index (χ2n) is 0.408. The Bertz CT molecular complexity index is 94.9. The quantitative estimate of drug-likeness (QED) is 0.415. The van der Waals surface area contributed by atoms with Gasteiger partial charge >= 0.3 is 77.7 Å². The summed E-state index contributed by atoms with van der Waals surface area (Å²) in [6.07, 6.45) is 0. The fourth-order valence-corrected chi connectivity index (χ4v) is 0. The van der Waals surface area contributed by atoms with Gasteiger partial charge in [-0.15, -0.1) is 0 Å². The summed E-state index contributed by atoms with van der Waals surface area (Å²) in [6, 6.07) is 0. The Hall–Kier alpha value is 1.73. The molecular weight excluding hydrogens is 238 g/mol. The summed E-state index contributed by atoms with van der Waals surface area (Å²) in [5, 5.41) is 0. The van der Waals surface area contributed by atoms with Crippen LogP contribution in [0.3, 0.4) is 0 Å². The normalized spacial score (nSPS) is 8.29. The zero-order valence-electron chi connectivity index (χ0n) is 2.42. The molecular formula is HMnMoNaO4. The third-order valence-corrected chi connectivity index (χ3v) is 0. The van der Waals surface area contributed by atoms with E-state index in [2.05, 4.69) is 0 Å². The molecule has 0 unspecified atom stereocenters. The molecule has 0 saturated heterocycles. The second-order valence-corrected chi connectivity index (χ2v) is 2.42. The van der Waals surface area contributed by atoms with Crippen LogP contribution in [0.25, 0.3) is 0 Å². The Kier molecular flexibility index (Phi) is 13.3. The van der Waals surface area contributed by atoms with Gasteiger partial charge in [0.2, 0.25) is 0 Å². The summed E-state index contributed by atoms with van der Waals surface area (Å²) in [5.74, 6) is 0. The van der Waals surface area contributed by atoms with Crippen molar-refractivity contribution in [2.75, 3.05) is 0 Å². The summed E-state index contributed by atoms with van der Waals surface area (Å²) in [4.78, 5) is 0. The van der Waals surface area contributed by atoms with Crippen LogP contribution in [0.1, 0.15) is 0 Å². The van der Waals surface area contributed by atoms with E-state index in [1.165, 1.54) is 0 Å². The first-order valence-electron chi connectivity index (χ1n) is 0.667. The summed E-state index contributed by atoms with van der Waals surface area (Å²) in [5.41, 5.74) is 0. The first-order valence-corrected chi connectivity index (χ1v) is 3.94. The molecule has 0 aromatic carbocycles. The van der Waals surface area contributed by atoms with Crippen molar-refractivity contribution >= 4 is 29.6 Å². The first kappa shape index (κ1) is 15.9. The Morgan fingerprint density at radius 3 is 1.14 bits per heavy atom. The van der Waals surface area contributed by atoms with Crippen LogP contribution in [0.4, 0.5) is 0 Å². The van der Waals surface area contributed by atoms with E-state index in [0.29, 0.717) is 0 Å². The van der Waals surface area contributed by atoms with E-state index in [9.17, 15) is 0 Å². The van der Waals surface area contributed by atoms with E-state index in [1.807, 2.05) is 0 Å². The molecule has 0 aromatic heterocycles. The monoisotopic (exact) mass is 241 g/mol. The van der Waals surface area contributed by atoms with Crippen molar-refractivity contribution < 1.29 is 48.1 Å². The molecule has 7 heavy (non-hydrogen) atoms. The molecule has 0 bridgehead atoms. The van der Waals surface area contributed by atoms with Gasteiger partial charge in [-0.1, -0.05) is 0 Å². The average molecular weight is 239 g/mol. The van der Waals surface area contributed by atoms with Crippen LogP contribution in [0.15, 0.2) is 0 Å². The van der Waals surface area contributed by atoms with E-state index in [1.54, 1.807) is 0 Å². The third kappa shape index (κ3) is 84.9. The van der Waals surface area contributed by atoms with Crippen LogP contribution in [-0.4, -0.2) is 29.6 Å². The summed E-state index contributed by atoms with van der Waals surface area (Å²) >= 11 is -6.02. The number of hydrogen-bond acceptors (Lipinski definition) is 4. The van der Waals surface area contributed by atoms with E-state index >= 15 is 0 Å². The van der Waals surface area contributed by atoms with E-state index in [0.717, 1.165) is 0 Å². The predicted octanol–water partition coefficient (Wildman–Crippen LogP) is -3.27. The molecule has 0 atom stereocenters. The SMILES string of the molecule is [Mn+2].[NaH].[O]=[Mo](=[O])([O-])[O-]. The third-order valence-electron chi connectivity index (χ3n) is 0. The second kappa shape index (κ2) is 5.86. The van der Waals surface area contributed by atoms with E-state index < -0.39 is 16.7 Å². The van der Waals surface area contributed by atoms with Gasteiger partial charge in [0.25, 0.3) is 0 Å². The molecule has 39 valence electrons. The molecule has 0 aromatic rings. The van der Waals surface area contributed by atoms with Crippen molar-refractivity contribution in [3.05, 3.63) is 0 Å². The van der Waals surface area contributed by atoms with Crippen LogP contribution in [0, 0.1) is 0 Å². The van der Waals surface area contributed by atoms with Crippen molar-refractivity contribution in [2.24, 2.45) is 0 Å². The molecule has 0 spiro atoms. The zero-order chi connectivity index (χ0) is 4.50. The molecule has 0 aliphatic rings. The van der Waals surface area contributed by atoms with Crippen LogP contribution < -0.4 is 7.52 Å². The average Bonchev–Trinajstić information content (AvgIpc) is 0.722. The first-order chi connectivity index (χ1) is 2.00. The van der Waals surface area contributed by atoms with Gasteiger partial charge in [0.1, 0.15) is 0 Å². The predicted molar refractivity (Wildman–Crippen MR) is 8.52 cm³/mol. The van der Waals surface area contributed by atoms with Crippen LogP contribution in [-0.2, 0) is 40.6 Å². The molecule has 0 aliphatic heterocycles. The molecule has 4 nitrogen and oxygen atoms in total. The topological polar surface area (TPSA) is 80.3 Å². The molecule has 0 fully saturated rings. The van der Waals surface area contributed by atoms with Gasteiger partial charge in [-0.05, 0) is 0 Å². The standard InChI is InChI=1S/Mn.Mo.Na.4O.H/q+2;;;;;2*-1;. The summed E-state index contributed by atoms with van der Waals surface area (Å²) in [6.45, 7) is 0. The Labute approximate surface area is 76.8 Å². The van der Waals surface area contributed by atoms with Crippen molar-refractivity contribution in [1.82, 2.24) is 0 Å². The molecule has 0 rings (SSSR count). The molecule has 0 heterocycles. The minimum absolute atomic E-state index is 0. The van der Waals surface area contributed by atoms with Crippen molar-refractivity contribution in [3.8, 4) is 0 Å². The van der Waals surface area contributed by atoms with Crippen molar-refractivity contribution in [3.63, 3.8) is 0 Å². The fraction of sp³-hybridized carbons (Fsp3) is 0. The van der Waals surface area contributed by atoms with Gasteiger partial charge in [0, 0.05) is 0 Å².